The standard InChI is InChI=1S/C48H34/c1-48(38-27-25-34(26-28-38)33-15-6-2-7-16-33)31-43(36-19-10-4-11-20-36)46-41-24-14-23-40-39(35-17-8-3-9-18-35)29-30-42(45(40)41)47(46)44(32-48)37-21-12-5-13-22-37/h2-32H,1H3. The van der Waals surface area contributed by atoms with Gasteiger partial charge in [0.2, 0.25) is 0 Å². The zero-order chi connectivity index (χ0) is 32.1. The van der Waals surface area contributed by atoms with Crippen molar-refractivity contribution in [2.75, 3.05) is 0 Å². The number of hydrogen-bond donors (Lipinski definition) is 0. The number of allylic oxidation sites excluding steroid dienone is 6. The van der Waals surface area contributed by atoms with Crippen LogP contribution in [0.3, 0.4) is 0 Å². The van der Waals surface area contributed by atoms with Gasteiger partial charge in [-0.3, -0.25) is 0 Å². The average molecular weight is 611 g/mol. The summed E-state index contributed by atoms with van der Waals surface area (Å²) in [6.45, 7) is 2.37. The molecule has 48 heavy (non-hydrogen) atoms. The Hall–Kier alpha value is -5.98. The first-order valence-corrected chi connectivity index (χ1v) is 16.8. The molecule has 0 saturated carbocycles. The summed E-state index contributed by atoms with van der Waals surface area (Å²) in [4.78, 5) is 0. The van der Waals surface area contributed by atoms with E-state index in [1.165, 1.54) is 83.1 Å². The second-order valence-electron chi connectivity index (χ2n) is 13.1. The summed E-state index contributed by atoms with van der Waals surface area (Å²) >= 11 is 0. The molecule has 1 unspecified atom stereocenters. The van der Waals surface area contributed by atoms with Crippen LogP contribution in [0.25, 0.3) is 55.3 Å². The van der Waals surface area contributed by atoms with Crippen LogP contribution in [0.2, 0.25) is 0 Å². The van der Waals surface area contributed by atoms with Gasteiger partial charge < -0.3 is 0 Å². The third kappa shape index (κ3) is 4.61. The molecule has 9 rings (SSSR count). The molecule has 2 aliphatic carbocycles. The molecule has 0 aliphatic heterocycles. The molecular formula is C48H34. The molecule has 7 aromatic rings. The minimum absolute atomic E-state index is 0.381. The second kappa shape index (κ2) is 11.4. The lowest BCUT2D eigenvalue weighted by atomic mass is 9.77. The smallest absolute Gasteiger partial charge is 0.0302 e. The van der Waals surface area contributed by atoms with E-state index in [-0.39, 0.29) is 5.41 Å². The molecule has 0 spiro atoms. The Morgan fingerprint density at radius 1 is 0.333 bits per heavy atom. The van der Waals surface area contributed by atoms with Gasteiger partial charge in [-0.15, -0.1) is 0 Å². The zero-order valence-electron chi connectivity index (χ0n) is 26.9. The molecule has 0 N–H and O–H groups in total. The highest BCUT2D eigenvalue weighted by Gasteiger charge is 2.36. The van der Waals surface area contributed by atoms with E-state index in [0.717, 1.165) is 0 Å². The fourth-order valence-electron chi connectivity index (χ4n) is 7.82. The van der Waals surface area contributed by atoms with E-state index in [1.807, 2.05) is 0 Å². The van der Waals surface area contributed by atoms with E-state index in [0.29, 0.717) is 0 Å². The van der Waals surface area contributed by atoms with Crippen molar-refractivity contribution in [2.24, 2.45) is 0 Å². The first-order chi connectivity index (χ1) is 23.7. The normalized spacial score (nSPS) is 16.7. The van der Waals surface area contributed by atoms with Crippen LogP contribution in [0.1, 0.15) is 34.7 Å². The Morgan fingerprint density at radius 3 is 1.31 bits per heavy atom. The third-order valence-corrected chi connectivity index (χ3v) is 10.1. The number of rotatable bonds is 5. The van der Waals surface area contributed by atoms with Gasteiger partial charge in [-0.05, 0) is 90.1 Å². The summed E-state index contributed by atoms with van der Waals surface area (Å²) < 4.78 is 0. The van der Waals surface area contributed by atoms with E-state index in [1.54, 1.807) is 0 Å². The van der Waals surface area contributed by atoms with E-state index in [9.17, 15) is 0 Å². The van der Waals surface area contributed by atoms with Crippen molar-refractivity contribution < 1.29 is 0 Å². The van der Waals surface area contributed by atoms with Crippen LogP contribution < -0.4 is 0 Å². The molecule has 7 aromatic carbocycles. The van der Waals surface area contributed by atoms with Crippen LogP contribution in [0.5, 0.6) is 0 Å². The monoisotopic (exact) mass is 610 g/mol. The lowest BCUT2D eigenvalue weighted by Crippen LogP contribution is -2.17. The molecule has 0 nitrogen and oxygen atoms in total. The first kappa shape index (κ1) is 28.3. The molecule has 226 valence electrons. The fraction of sp³-hybridized carbons (Fsp3) is 0.0417. The van der Waals surface area contributed by atoms with Crippen LogP contribution in [-0.4, -0.2) is 0 Å². The molecule has 2 aliphatic rings. The number of benzene rings is 7. The molecular weight excluding hydrogens is 577 g/mol. The highest BCUT2D eigenvalue weighted by molar-refractivity contribution is 6.35. The summed E-state index contributed by atoms with van der Waals surface area (Å²) in [7, 11) is 0. The lowest BCUT2D eigenvalue weighted by Gasteiger charge is -2.26. The largest absolute Gasteiger partial charge is 0.0622 e. The summed E-state index contributed by atoms with van der Waals surface area (Å²) in [5.41, 5.74) is 16.1. The third-order valence-electron chi connectivity index (χ3n) is 10.1. The molecule has 1 atom stereocenters. The van der Waals surface area contributed by atoms with Gasteiger partial charge in [0.05, 0.1) is 0 Å². The van der Waals surface area contributed by atoms with Crippen LogP contribution in [0.4, 0.5) is 0 Å². The van der Waals surface area contributed by atoms with Crippen LogP contribution in [0.15, 0.2) is 188 Å². The van der Waals surface area contributed by atoms with Crippen molar-refractivity contribution in [2.45, 2.75) is 12.3 Å². The Morgan fingerprint density at radius 2 is 0.771 bits per heavy atom. The molecule has 0 heteroatoms. The van der Waals surface area contributed by atoms with Gasteiger partial charge >= 0.3 is 0 Å². The minimum atomic E-state index is -0.381. The molecule has 0 saturated heterocycles. The van der Waals surface area contributed by atoms with Gasteiger partial charge in [0.1, 0.15) is 0 Å². The summed E-state index contributed by atoms with van der Waals surface area (Å²) in [5.74, 6) is 0. The fourth-order valence-corrected chi connectivity index (χ4v) is 7.82. The predicted octanol–water partition coefficient (Wildman–Crippen LogP) is 12.5. The molecule has 0 aromatic heterocycles. The first-order valence-electron chi connectivity index (χ1n) is 16.8. The SMILES string of the molecule is CC1(c2ccc(-c3ccccc3)cc2)C=C(c2ccccc2)C2=C(C(c3ccccc3)=C1)c1ccc(-c3ccccc3)c3cccc2c13. The molecule has 0 fully saturated rings. The summed E-state index contributed by atoms with van der Waals surface area (Å²) in [6, 6.07) is 64.1. The Labute approximate surface area is 282 Å². The van der Waals surface area contributed by atoms with E-state index in [4.69, 9.17) is 0 Å². The molecule has 0 radical (unpaired) electrons. The highest BCUT2D eigenvalue weighted by atomic mass is 14.4. The quantitative estimate of drug-likeness (QED) is 0.182. The molecule has 0 bridgehead atoms. The molecule has 0 amide bonds. The Kier molecular flexibility index (Phi) is 6.69. The van der Waals surface area contributed by atoms with Gasteiger partial charge in [-0.25, -0.2) is 0 Å². The topological polar surface area (TPSA) is 0 Å². The predicted molar refractivity (Wildman–Crippen MR) is 204 cm³/mol. The van der Waals surface area contributed by atoms with Crippen LogP contribution in [0, 0.1) is 0 Å². The van der Waals surface area contributed by atoms with Gasteiger partial charge in [0.15, 0.2) is 0 Å². The van der Waals surface area contributed by atoms with Crippen molar-refractivity contribution in [1.29, 1.82) is 0 Å². The summed E-state index contributed by atoms with van der Waals surface area (Å²) in [6.07, 6.45) is 5.04. The van der Waals surface area contributed by atoms with Gasteiger partial charge in [-0.2, -0.15) is 0 Å². The van der Waals surface area contributed by atoms with Gasteiger partial charge in [-0.1, -0.05) is 188 Å². The van der Waals surface area contributed by atoms with Gasteiger partial charge in [0.25, 0.3) is 0 Å². The van der Waals surface area contributed by atoms with E-state index >= 15 is 0 Å². The Balaban J connectivity index is 1.32. The van der Waals surface area contributed by atoms with Crippen molar-refractivity contribution in [3.63, 3.8) is 0 Å². The average Bonchev–Trinajstić information content (AvgIpc) is 3.41. The lowest BCUT2D eigenvalue weighted by molar-refractivity contribution is 0.763. The maximum atomic E-state index is 2.52. The maximum absolute atomic E-state index is 2.52. The van der Waals surface area contributed by atoms with Crippen molar-refractivity contribution in [1.82, 2.24) is 0 Å². The number of hydrogen-bond acceptors (Lipinski definition) is 0. The van der Waals surface area contributed by atoms with Crippen molar-refractivity contribution in [3.8, 4) is 22.3 Å². The zero-order valence-corrected chi connectivity index (χ0v) is 26.9. The van der Waals surface area contributed by atoms with E-state index < -0.39 is 0 Å². The van der Waals surface area contributed by atoms with Crippen molar-refractivity contribution >= 4 is 33.1 Å². The van der Waals surface area contributed by atoms with E-state index in [2.05, 4.69) is 195 Å². The van der Waals surface area contributed by atoms with Crippen LogP contribution in [-0.2, 0) is 5.41 Å². The number of fused-ring (bicyclic) bond motifs is 2. The van der Waals surface area contributed by atoms with Crippen LogP contribution >= 0.6 is 0 Å². The maximum Gasteiger partial charge on any atom is 0.0302 e. The highest BCUT2D eigenvalue weighted by Crippen LogP contribution is 2.56. The minimum Gasteiger partial charge on any atom is -0.0622 e. The second-order valence-corrected chi connectivity index (χ2v) is 13.1. The summed E-state index contributed by atoms with van der Waals surface area (Å²) in [5, 5.41) is 2.63. The molecule has 0 heterocycles. The Bertz CT molecular complexity index is 2320. The van der Waals surface area contributed by atoms with Crippen molar-refractivity contribution in [3.05, 3.63) is 216 Å². The van der Waals surface area contributed by atoms with Gasteiger partial charge in [0, 0.05) is 5.41 Å².